The van der Waals surface area contributed by atoms with Gasteiger partial charge in [-0.3, -0.25) is 9.89 Å². The maximum absolute atomic E-state index is 4.44. The minimum Gasteiger partial charge on any atom is -0.293 e. The van der Waals surface area contributed by atoms with E-state index in [0.29, 0.717) is 12.1 Å². The van der Waals surface area contributed by atoms with Crippen LogP contribution >= 0.6 is 0 Å². The zero-order valence-electron chi connectivity index (χ0n) is 8.53. The van der Waals surface area contributed by atoms with Gasteiger partial charge in [0.15, 0.2) is 0 Å². The molecule has 0 aromatic rings. The predicted molar refractivity (Wildman–Crippen MR) is 56.1 cm³/mol. The second-order valence-corrected chi connectivity index (χ2v) is 4.20. The Bertz CT molecular complexity index is 240. The van der Waals surface area contributed by atoms with E-state index in [-0.39, 0.29) is 0 Å². The predicted octanol–water partition coefficient (Wildman–Crippen LogP) is 2.22. The molecule has 2 heterocycles. The Morgan fingerprint density at radius 3 is 3.00 bits per heavy atom. The maximum Gasteiger partial charge on any atom is 0.0487 e. The van der Waals surface area contributed by atoms with Crippen molar-refractivity contribution >= 4 is 5.71 Å². The molecule has 2 aliphatic rings. The van der Waals surface area contributed by atoms with E-state index >= 15 is 0 Å². The topological polar surface area (TPSA) is 15.6 Å². The van der Waals surface area contributed by atoms with Crippen LogP contribution in [0.3, 0.4) is 0 Å². The van der Waals surface area contributed by atoms with Gasteiger partial charge in [0.25, 0.3) is 0 Å². The second kappa shape index (κ2) is 3.62. The third kappa shape index (κ3) is 1.68. The van der Waals surface area contributed by atoms with Crippen LogP contribution in [0.1, 0.15) is 33.1 Å². The summed E-state index contributed by atoms with van der Waals surface area (Å²) in [6.07, 6.45) is 7.83. The Hall–Kier alpha value is -0.630. The fourth-order valence-corrected chi connectivity index (χ4v) is 2.36. The van der Waals surface area contributed by atoms with Crippen molar-refractivity contribution in [1.29, 1.82) is 0 Å². The summed E-state index contributed by atoms with van der Waals surface area (Å²) in [5, 5.41) is 0. The standard InChI is InChI=1S/C11H18N2/c1-9(2)13-8-4-6-11(13)10-5-3-7-12-10/h3,7,9,11H,4-6,8H2,1-2H3. The van der Waals surface area contributed by atoms with Crippen LogP contribution in [0.5, 0.6) is 0 Å². The number of rotatable bonds is 2. The van der Waals surface area contributed by atoms with Crippen LogP contribution in [0.25, 0.3) is 0 Å². The number of hydrogen-bond acceptors (Lipinski definition) is 2. The van der Waals surface area contributed by atoms with Crippen molar-refractivity contribution in [3.8, 4) is 0 Å². The van der Waals surface area contributed by atoms with Crippen molar-refractivity contribution in [2.75, 3.05) is 6.54 Å². The van der Waals surface area contributed by atoms with Crippen LogP contribution in [0.4, 0.5) is 0 Å². The van der Waals surface area contributed by atoms with Crippen LogP contribution < -0.4 is 0 Å². The van der Waals surface area contributed by atoms with Gasteiger partial charge in [-0.2, -0.15) is 0 Å². The van der Waals surface area contributed by atoms with Crippen molar-refractivity contribution in [3.05, 3.63) is 12.3 Å². The Kier molecular flexibility index (Phi) is 2.49. The number of likely N-dealkylation sites (tertiary alicyclic amines) is 1. The van der Waals surface area contributed by atoms with Gasteiger partial charge in [0.05, 0.1) is 0 Å². The van der Waals surface area contributed by atoms with Gasteiger partial charge in [0, 0.05) is 30.4 Å². The molecule has 0 saturated carbocycles. The van der Waals surface area contributed by atoms with Gasteiger partial charge in [-0.05, 0) is 33.2 Å². The molecule has 0 bridgehead atoms. The van der Waals surface area contributed by atoms with Gasteiger partial charge < -0.3 is 0 Å². The average molecular weight is 178 g/mol. The summed E-state index contributed by atoms with van der Waals surface area (Å²) in [5.74, 6) is 0. The molecule has 1 atom stereocenters. The van der Waals surface area contributed by atoms with Gasteiger partial charge in [0.2, 0.25) is 0 Å². The summed E-state index contributed by atoms with van der Waals surface area (Å²) in [5.41, 5.74) is 1.38. The van der Waals surface area contributed by atoms with Crippen LogP contribution in [0, 0.1) is 0 Å². The quantitative estimate of drug-likeness (QED) is 0.633. The van der Waals surface area contributed by atoms with Crippen molar-refractivity contribution < 1.29 is 0 Å². The average Bonchev–Trinajstić information content (AvgIpc) is 2.74. The summed E-state index contributed by atoms with van der Waals surface area (Å²) in [4.78, 5) is 7.02. The first-order chi connectivity index (χ1) is 6.29. The lowest BCUT2D eigenvalue weighted by atomic mass is 10.1. The Labute approximate surface area is 80.3 Å². The molecule has 1 fully saturated rings. The number of nitrogens with zero attached hydrogens (tertiary/aromatic N) is 2. The molecule has 1 unspecified atom stereocenters. The van der Waals surface area contributed by atoms with E-state index in [0.717, 1.165) is 6.42 Å². The monoisotopic (exact) mass is 178 g/mol. The molecule has 2 rings (SSSR count). The lowest BCUT2D eigenvalue weighted by molar-refractivity contribution is 0.244. The Balaban J connectivity index is 2.05. The molecule has 2 heteroatoms. The second-order valence-electron chi connectivity index (χ2n) is 4.20. The Morgan fingerprint density at radius 1 is 1.54 bits per heavy atom. The third-order valence-electron chi connectivity index (χ3n) is 3.01. The molecule has 0 radical (unpaired) electrons. The first-order valence-electron chi connectivity index (χ1n) is 5.26. The van der Waals surface area contributed by atoms with E-state index in [1.54, 1.807) is 0 Å². The highest BCUT2D eigenvalue weighted by Crippen LogP contribution is 2.23. The van der Waals surface area contributed by atoms with E-state index < -0.39 is 0 Å². The van der Waals surface area contributed by atoms with Crippen molar-refractivity contribution in [1.82, 2.24) is 4.90 Å². The molecular weight excluding hydrogens is 160 g/mol. The molecule has 0 aliphatic carbocycles. The molecule has 1 saturated heterocycles. The maximum atomic E-state index is 4.44. The SMILES string of the molecule is CC(C)N1CCCC1C1=NC=CC1. The highest BCUT2D eigenvalue weighted by molar-refractivity contribution is 5.93. The van der Waals surface area contributed by atoms with E-state index in [1.807, 2.05) is 6.20 Å². The van der Waals surface area contributed by atoms with Gasteiger partial charge in [-0.1, -0.05) is 6.08 Å². The largest absolute Gasteiger partial charge is 0.293 e. The molecule has 0 N–H and O–H groups in total. The van der Waals surface area contributed by atoms with Crippen LogP contribution in [0.2, 0.25) is 0 Å². The zero-order chi connectivity index (χ0) is 9.26. The van der Waals surface area contributed by atoms with E-state index in [2.05, 4.69) is 29.8 Å². The number of aliphatic imine (C=N–C) groups is 1. The van der Waals surface area contributed by atoms with Gasteiger partial charge in [0.1, 0.15) is 0 Å². The lowest BCUT2D eigenvalue weighted by Gasteiger charge is -2.28. The lowest BCUT2D eigenvalue weighted by Crippen LogP contribution is -2.40. The summed E-state index contributed by atoms with van der Waals surface area (Å²) in [6, 6.07) is 1.30. The van der Waals surface area contributed by atoms with Crippen LogP contribution in [-0.2, 0) is 0 Å². The number of allylic oxidation sites excluding steroid dienone is 1. The van der Waals surface area contributed by atoms with E-state index in [4.69, 9.17) is 0 Å². The van der Waals surface area contributed by atoms with Crippen LogP contribution in [-0.4, -0.2) is 29.2 Å². The summed E-state index contributed by atoms with van der Waals surface area (Å²) < 4.78 is 0. The molecule has 0 aromatic heterocycles. The zero-order valence-corrected chi connectivity index (χ0v) is 8.53. The van der Waals surface area contributed by atoms with Crippen LogP contribution in [0.15, 0.2) is 17.3 Å². The molecule has 2 aliphatic heterocycles. The highest BCUT2D eigenvalue weighted by atomic mass is 15.2. The Morgan fingerprint density at radius 2 is 2.38 bits per heavy atom. The molecule has 0 aromatic carbocycles. The molecule has 0 amide bonds. The van der Waals surface area contributed by atoms with E-state index in [1.165, 1.54) is 25.1 Å². The minimum atomic E-state index is 0.634. The summed E-state index contributed by atoms with van der Waals surface area (Å²) >= 11 is 0. The first kappa shape index (κ1) is 8.95. The van der Waals surface area contributed by atoms with Crippen molar-refractivity contribution in [3.63, 3.8) is 0 Å². The molecule has 0 spiro atoms. The molecule has 13 heavy (non-hydrogen) atoms. The van der Waals surface area contributed by atoms with Crippen molar-refractivity contribution in [2.24, 2.45) is 4.99 Å². The minimum absolute atomic E-state index is 0.634. The van der Waals surface area contributed by atoms with Gasteiger partial charge in [-0.25, -0.2) is 0 Å². The van der Waals surface area contributed by atoms with Gasteiger partial charge in [-0.15, -0.1) is 0 Å². The summed E-state index contributed by atoms with van der Waals surface area (Å²) in [7, 11) is 0. The van der Waals surface area contributed by atoms with E-state index in [9.17, 15) is 0 Å². The first-order valence-corrected chi connectivity index (χ1v) is 5.26. The fourth-order valence-electron chi connectivity index (χ4n) is 2.36. The molecule has 2 nitrogen and oxygen atoms in total. The third-order valence-corrected chi connectivity index (χ3v) is 3.01. The molecule has 72 valence electrons. The van der Waals surface area contributed by atoms with Crippen molar-refractivity contribution in [2.45, 2.75) is 45.2 Å². The summed E-state index contributed by atoms with van der Waals surface area (Å²) in [6.45, 7) is 5.81. The normalized spacial score (nSPS) is 28.8. The highest BCUT2D eigenvalue weighted by Gasteiger charge is 2.30. The van der Waals surface area contributed by atoms with Gasteiger partial charge >= 0.3 is 0 Å². The number of hydrogen-bond donors (Lipinski definition) is 0. The fraction of sp³-hybridized carbons (Fsp3) is 0.727. The molecular formula is C11H18N2. The smallest absolute Gasteiger partial charge is 0.0487 e.